The van der Waals surface area contributed by atoms with Crippen molar-refractivity contribution in [3.05, 3.63) is 59.9 Å². The molecule has 2 aliphatic rings. The van der Waals surface area contributed by atoms with Gasteiger partial charge in [0.2, 0.25) is 11.8 Å². The van der Waals surface area contributed by atoms with Crippen molar-refractivity contribution in [1.82, 2.24) is 5.32 Å². The van der Waals surface area contributed by atoms with E-state index in [0.29, 0.717) is 36.1 Å². The van der Waals surface area contributed by atoms with Crippen LogP contribution in [0.25, 0.3) is 0 Å². The molecule has 4 rings (SSSR count). The second-order valence-electron chi connectivity index (χ2n) is 9.49. The summed E-state index contributed by atoms with van der Waals surface area (Å²) in [5, 5.41) is 3.31. The standard InChI is InChI=1S/C27H33FN2O3/c1-17-5-4-6-24(18(17)2)29-27(32)23-15-16-25(31)30(21-11-13-22(33-3)14-12-21)26(23)19-7-9-20(28)10-8-19/h7-14,17-18,23-24,26H,4-6,15-16H2,1-3H3,(H,29,32)/t17-,18-,23-,24+,26-/m1/s1. The number of ether oxygens (including phenoxy) is 1. The fraction of sp³-hybridized carbons (Fsp3) is 0.481. The molecule has 5 nitrogen and oxygen atoms in total. The molecule has 1 heterocycles. The van der Waals surface area contributed by atoms with Gasteiger partial charge in [-0.3, -0.25) is 9.59 Å². The molecule has 176 valence electrons. The topological polar surface area (TPSA) is 58.6 Å². The molecule has 0 spiro atoms. The van der Waals surface area contributed by atoms with E-state index in [-0.39, 0.29) is 23.7 Å². The van der Waals surface area contributed by atoms with Gasteiger partial charge in [0.05, 0.1) is 19.1 Å². The van der Waals surface area contributed by atoms with Crippen molar-refractivity contribution in [2.45, 2.75) is 58.0 Å². The van der Waals surface area contributed by atoms with Crippen molar-refractivity contribution in [3.8, 4) is 5.75 Å². The monoisotopic (exact) mass is 452 g/mol. The Morgan fingerprint density at radius 1 is 1.03 bits per heavy atom. The molecular weight excluding hydrogens is 419 g/mol. The lowest BCUT2D eigenvalue weighted by Gasteiger charge is -2.42. The van der Waals surface area contributed by atoms with Gasteiger partial charge in [-0.05, 0) is 66.6 Å². The van der Waals surface area contributed by atoms with Crippen LogP contribution in [0.15, 0.2) is 48.5 Å². The molecule has 0 aromatic heterocycles. The van der Waals surface area contributed by atoms with Crippen LogP contribution in [0, 0.1) is 23.6 Å². The molecular formula is C27H33FN2O3. The van der Waals surface area contributed by atoms with Gasteiger partial charge >= 0.3 is 0 Å². The molecule has 33 heavy (non-hydrogen) atoms. The summed E-state index contributed by atoms with van der Waals surface area (Å²) >= 11 is 0. The van der Waals surface area contributed by atoms with Crippen molar-refractivity contribution in [1.29, 1.82) is 0 Å². The predicted octanol–water partition coefficient (Wildman–Crippen LogP) is 5.26. The minimum Gasteiger partial charge on any atom is -0.497 e. The van der Waals surface area contributed by atoms with E-state index < -0.39 is 12.0 Å². The number of benzene rings is 2. The maximum absolute atomic E-state index is 13.7. The third-order valence-corrected chi connectivity index (χ3v) is 7.53. The number of hydrogen-bond acceptors (Lipinski definition) is 3. The van der Waals surface area contributed by atoms with Gasteiger partial charge in [-0.25, -0.2) is 4.39 Å². The SMILES string of the molecule is COc1ccc(N2C(=O)CC[C@@H](C(=O)N[C@H]3CCC[C@@H](C)[C@H]3C)[C@H]2c2ccc(F)cc2)cc1. The molecule has 2 aromatic rings. The van der Waals surface area contributed by atoms with Crippen molar-refractivity contribution in [2.75, 3.05) is 12.0 Å². The van der Waals surface area contributed by atoms with Crippen LogP contribution in [0.2, 0.25) is 0 Å². The number of methoxy groups -OCH3 is 1. The highest BCUT2D eigenvalue weighted by atomic mass is 19.1. The first-order chi connectivity index (χ1) is 15.9. The van der Waals surface area contributed by atoms with Crippen LogP contribution in [-0.4, -0.2) is 25.0 Å². The Labute approximate surface area is 195 Å². The van der Waals surface area contributed by atoms with E-state index >= 15 is 0 Å². The first-order valence-electron chi connectivity index (χ1n) is 11.9. The van der Waals surface area contributed by atoms with Gasteiger partial charge in [-0.1, -0.05) is 38.8 Å². The summed E-state index contributed by atoms with van der Waals surface area (Å²) in [7, 11) is 1.59. The lowest BCUT2D eigenvalue weighted by atomic mass is 9.77. The fourth-order valence-corrected chi connectivity index (χ4v) is 5.33. The zero-order chi connectivity index (χ0) is 23.5. The van der Waals surface area contributed by atoms with Crippen LogP contribution in [0.5, 0.6) is 5.75 Å². The molecule has 0 radical (unpaired) electrons. The Morgan fingerprint density at radius 2 is 1.73 bits per heavy atom. The van der Waals surface area contributed by atoms with Gasteiger partial charge in [0.15, 0.2) is 0 Å². The first-order valence-corrected chi connectivity index (χ1v) is 11.9. The number of hydrogen-bond donors (Lipinski definition) is 1. The second-order valence-corrected chi connectivity index (χ2v) is 9.49. The van der Waals surface area contributed by atoms with Gasteiger partial charge < -0.3 is 15.0 Å². The van der Waals surface area contributed by atoms with Crippen molar-refractivity contribution in [2.24, 2.45) is 17.8 Å². The Bertz CT molecular complexity index is 976. The van der Waals surface area contributed by atoms with Gasteiger partial charge in [-0.15, -0.1) is 0 Å². The first kappa shape index (κ1) is 23.3. The summed E-state index contributed by atoms with van der Waals surface area (Å²) in [4.78, 5) is 28.5. The molecule has 1 aliphatic carbocycles. The van der Waals surface area contributed by atoms with Crippen molar-refractivity contribution in [3.63, 3.8) is 0 Å². The Morgan fingerprint density at radius 3 is 2.39 bits per heavy atom. The summed E-state index contributed by atoms with van der Waals surface area (Å²) in [5.74, 6) is 0.842. The molecule has 1 aliphatic heterocycles. The average Bonchev–Trinajstić information content (AvgIpc) is 2.82. The molecule has 1 N–H and O–H groups in total. The normalized spacial score (nSPS) is 27.8. The Balaban J connectivity index is 1.67. The highest BCUT2D eigenvalue weighted by Crippen LogP contribution is 2.41. The average molecular weight is 453 g/mol. The molecule has 5 atom stereocenters. The zero-order valence-electron chi connectivity index (χ0n) is 19.6. The summed E-state index contributed by atoms with van der Waals surface area (Å²) in [6, 6.07) is 13.1. The van der Waals surface area contributed by atoms with Crippen molar-refractivity contribution >= 4 is 17.5 Å². The summed E-state index contributed by atoms with van der Waals surface area (Å²) in [6.07, 6.45) is 4.04. The van der Waals surface area contributed by atoms with E-state index in [9.17, 15) is 14.0 Å². The van der Waals surface area contributed by atoms with E-state index in [1.54, 1.807) is 36.3 Å². The summed E-state index contributed by atoms with van der Waals surface area (Å²) in [5.41, 5.74) is 1.46. The van der Waals surface area contributed by atoms with E-state index in [0.717, 1.165) is 18.4 Å². The molecule has 0 bridgehead atoms. The maximum Gasteiger partial charge on any atom is 0.227 e. The third-order valence-electron chi connectivity index (χ3n) is 7.53. The van der Waals surface area contributed by atoms with Crippen LogP contribution >= 0.6 is 0 Å². The number of piperidine rings is 1. The third kappa shape index (κ3) is 4.90. The second kappa shape index (κ2) is 9.94. The van der Waals surface area contributed by atoms with Gasteiger partial charge in [0.25, 0.3) is 0 Å². The van der Waals surface area contributed by atoms with Gasteiger partial charge in [0.1, 0.15) is 11.6 Å². The Hall–Kier alpha value is -2.89. The smallest absolute Gasteiger partial charge is 0.227 e. The van der Waals surface area contributed by atoms with Crippen LogP contribution in [-0.2, 0) is 9.59 Å². The van der Waals surface area contributed by atoms with E-state index in [2.05, 4.69) is 19.2 Å². The molecule has 1 saturated heterocycles. The number of nitrogens with one attached hydrogen (secondary N) is 1. The van der Waals surface area contributed by atoms with Crippen LogP contribution in [0.1, 0.15) is 57.6 Å². The lowest BCUT2D eigenvalue weighted by Crippen LogP contribution is -2.52. The van der Waals surface area contributed by atoms with Crippen molar-refractivity contribution < 1.29 is 18.7 Å². The minimum absolute atomic E-state index is 0.0266. The zero-order valence-corrected chi connectivity index (χ0v) is 19.6. The molecule has 2 fully saturated rings. The number of halogens is 1. The molecule has 1 saturated carbocycles. The van der Waals surface area contributed by atoms with E-state index in [4.69, 9.17) is 4.74 Å². The molecule has 2 amide bonds. The van der Waals surface area contributed by atoms with Gasteiger partial charge in [0, 0.05) is 18.2 Å². The fourth-order valence-electron chi connectivity index (χ4n) is 5.33. The molecule has 0 unspecified atom stereocenters. The lowest BCUT2D eigenvalue weighted by molar-refractivity contribution is -0.130. The highest BCUT2D eigenvalue weighted by Gasteiger charge is 2.42. The van der Waals surface area contributed by atoms with Gasteiger partial charge in [-0.2, -0.15) is 0 Å². The highest BCUT2D eigenvalue weighted by molar-refractivity contribution is 5.97. The number of nitrogens with zero attached hydrogens (tertiary/aromatic N) is 1. The predicted molar refractivity (Wildman–Crippen MR) is 126 cm³/mol. The quantitative estimate of drug-likeness (QED) is 0.673. The number of carbonyl (C=O) groups is 2. The summed E-state index contributed by atoms with van der Waals surface area (Å²) < 4.78 is 19.0. The molecule has 2 aromatic carbocycles. The minimum atomic E-state index is -0.503. The largest absolute Gasteiger partial charge is 0.497 e. The number of rotatable bonds is 5. The van der Waals surface area contributed by atoms with E-state index in [1.165, 1.54) is 18.6 Å². The molecule has 6 heteroatoms. The summed E-state index contributed by atoms with van der Waals surface area (Å²) in [6.45, 7) is 4.45. The van der Waals surface area contributed by atoms with Crippen LogP contribution in [0.4, 0.5) is 10.1 Å². The van der Waals surface area contributed by atoms with E-state index in [1.807, 2.05) is 12.1 Å². The van der Waals surface area contributed by atoms with Crippen LogP contribution < -0.4 is 15.0 Å². The number of carbonyl (C=O) groups excluding carboxylic acids is 2. The number of amides is 2. The maximum atomic E-state index is 13.7. The Kier molecular flexibility index (Phi) is 7.01. The van der Waals surface area contributed by atoms with Crippen LogP contribution in [0.3, 0.4) is 0 Å². The number of anilines is 1.